The van der Waals surface area contributed by atoms with Crippen LogP contribution >= 0.6 is 0 Å². The van der Waals surface area contributed by atoms with Gasteiger partial charge < -0.3 is 4.90 Å². The zero-order valence-corrected chi connectivity index (χ0v) is 11.5. The Hall–Kier alpha value is -1.34. The molecule has 0 saturated carbocycles. The molecular weight excluding hydrogens is 218 g/mol. The largest absolute Gasteiger partial charge is 0.309 e. The summed E-state index contributed by atoms with van der Waals surface area (Å²) < 4.78 is 0. The van der Waals surface area contributed by atoms with Gasteiger partial charge in [-0.3, -0.25) is 0 Å². The van der Waals surface area contributed by atoms with Crippen LogP contribution in [0.5, 0.6) is 0 Å². The number of hydrogen-bond acceptors (Lipinski definition) is 1. The van der Waals surface area contributed by atoms with Crippen molar-refractivity contribution in [1.29, 1.82) is 0 Å². The first-order valence-electron chi connectivity index (χ1n) is 6.89. The minimum atomic E-state index is 1.20. The molecule has 1 nitrogen and oxygen atoms in total. The summed E-state index contributed by atoms with van der Waals surface area (Å²) >= 11 is 0. The van der Waals surface area contributed by atoms with Gasteiger partial charge in [0, 0.05) is 0 Å². The fourth-order valence-electron chi connectivity index (χ4n) is 2.43. The minimum Gasteiger partial charge on any atom is -0.309 e. The van der Waals surface area contributed by atoms with E-state index < -0.39 is 0 Å². The van der Waals surface area contributed by atoms with Gasteiger partial charge in [-0.05, 0) is 56.2 Å². The molecule has 96 valence electrons. The van der Waals surface area contributed by atoms with Gasteiger partial charge in [-0.25, -0.2) is 0 Å². The van der Waals surface area contributed by atoms with E-state index in [2.05, 4.69) is 61.5 Å². The van der Waals surface area contributed by atoms with Crippen LogP contribution in [0, 0.1) is 0 Å². The van der Waals surface area contributed by atoms with Gasteiger partial charge in [-0.1, -0.05) is 48.9 Å². The lowest BCUT2D eigenvalue weighted by Gasteiger charge is -2.09. The first-order chi connectivity index (χ1) is 8.77. The Morgan fingerprint density at radius 2 is 1.61 bits per heavy atom. The lowest BCUT2D eigenvalue weighted by Crippen LogP contribution is -2.12. The van der Waals surface area contributed by atoms with Crippen LogP contribution in [0.3, 0.4) is 0 Å². The van der Waals surface area contributed by atoms with Gasteiger partial charge in [-0.15, -0.1) is 0 Å². The Kier molecular flexibility index (Phi) is 4.77. The highest BCUT2D eigenvalue weighted by atomic mass is 15.0. The molecule has 2 rings (SSSR count). The van der Waals surface area contributed by atoms with Gasteiger partial charge in [-0.2, -0.15) is 0 Å². The number of nitrogens with zero attached hydrogens (tertiary/aromatic N) is 1. The SMILES string of the molecule is CN(C)CCCCCc1cccc2ccccc12. The average Bonchev–Trinajstić information content (AvgIpc) is 2.38. The monoisotopic (exact) mass is 241 g/mol. The van der Waals surface area contributed by atoms with Crippen LogP contribution < -0.4 is 0 Å². The molecular formula is C17H23N. The molecule has 18 heavy (non-hydrogen) atoms. The molecule has 0 aliphatic rings. The van der Waals surface area contributed by atoms with Crippen molar-refractivity contribution in [3.8, 4) is 0 Å². The Balaban J connectivity index is 1.91. The normalized spacial score (nSPS) is 11.3. The fraction of sp³-hybridized carbons (Fsp3) is 0.412. The number of fused-ring (bicyclic) bond motifs is 1. The average molecular weight is 241 g/mol. The summed E-state index contributed by atoms with van der Waals surface area (Å²) in [7, 11) is 4.29. The second-order valence-corrected chi connectivity index (χ2v) is 5.25. The molecule has 0 N–H and O–H groups in total. The van der Waals surface area contributed by atoms with Crippen molar-refractivity contribution in [3.63, 3.8) is 0 Å². The molecule has 0 aliphatic heterocycles. The molecule has 0 aromatic heterocycles. The lowest BCUT2D eigenvalue weighted by atomic mass is 10.00. The summed E-state index contributed by atoms with van der Waals surface area (Å²) in [5.74, 6) is 0. The molecule has 0 saturated heterocycles. The van der Waals surface area contributed by atoms with E-state index in [9.17, 15) is 0 Å². The second-order valence-electron chi connectivity index (χ2n) is 5.25. The third kappa shape index (κ3) is 3.58. The van der Waals surface area contributed by atoms with Crippen LogP contribution in [0.25, 0.3) is 10.8 Å². The number of benzene rings is 2. The zero-order valence-electron chi connectivity index (χ0n) is 11.5. The number of rotatable bonds is 6. The zero-order chi connectivity index (χ0) is 12.8. The van der Waals surface area contributed by atoms with E-state index in [1.807, 2.05) is 0 Å². The molecule has 0 amide bonds. The summed E-state index contributed by atoms with van der Waals surface area (Å²) in [5, 5.41) is 2.79. The molecule has 2 aromatic carbocycles. The predicted octanol–water partition coefficient (Wildman–Crippen LogP) is 4.11. The summed E-state index contributed by atoms with van der Waals surface area (Å²) in [6.07, 6.45) is 5.12. The molecule has 0 aliphatic carbocycles. The van der Waals surface area contributed by atoms with Crippen molar-refractivity contribution in [3.05, 3.63) is 48.0 Å². The van der Waals surface area contributed by atoms with Crippen LogP contribution in [0.15, 0.2) is 42.5 Å². The fourth-order valence-corrected chi connectivity index (χ4v) is 2.43. The first kappa shape index (κ1) is 13.1. The summed E-state index contributed by atoms with van der Waals surface area (Å²) in [4.78, 5) is 2.26. The third-order valence-electron chi connectivity index (χ3n) is 3.43. The van der Waals surface area contributed by atoms with Gasteiger partial charge in [0.25, 0.3) is 0 Å². The van der Waals surface area contributed by atoms with Crippen LogP contribution in [-0.4, -0.2) is 25.5 Å². The lowest BCUT2D eigenvalue weighted by molar-refractivity contribution is 0.392. The second kappa shape index (κ2) is 6.55. The van der Waals surface area contributed by atoms with Crippen molar-refractivity contribution >= 4 is 10.8 Å². The summed E-state index contributed by atoms with van der Waals surface area (Å²) in [6, 6.07) is 15.3. The van der Waals surface area contributed by atoms with Crippen molar-refractivity contribution in [2.75, 3.05) is 20.6 Å². The molecule has 0 spiro atoms. The van der Waals surface area contributed by atoms with Gasteiger partial charge in [0.1, 0.15) is 0 Å². The number of unbranched alkanes of at least 4 members (excludes halogenated alkanes) is 2. The molecule has 0 fully saturated rings. The quantitative estimate of drug-likeness (QED) is 0.688. The maximum Gasteiger partial charge on any atom is -0.00248 e. The van der Waals surface area contributed by atoms with Gasteiger partial charge in [0.05, 0.1) is 0 Å². The maximum absolute atomic E-state index is 2.27. The van der Waals surface area contributed by atoms with Gasteiger partial charge in [0.2, 0.25) is 0 Å². The van der Waals surface area contributed by atoms with E-state index in [4.69, 9.17) is 0 Å². The van der Waals surface area contributed by atoms with Crippen LogP contribution in [0.4, 0.5) is 0 Å². The van der Waals surface area contributed by atoms with Crippen LogP contribution in [0.2, 0.25) is 0 Å². The maximum atomic E-state index is 2.27. The van der Waals surface area contributed by atoms with E-state index in [0.717, 1.165) is 0 Å². The minimum absolute atomic E-state index is 1.20. The van der Waals surface area contributed by atoms with E-state index in [-0.39, 0.29) is 0 Å². The highest BCUT2D eigenvalue weighted by molar-refractivity contribution is 5.85. The Morgan fingerprint density at radius 1 is 0.833 bits per heavy atom. The Labute approximate surface area is 110 Å². The number of hydrogen-bond donors (Lipinski definition) is 0. The molecule has 0 unspecified atom stereocenters. The van der Waals surface area contributed by atoms with Crippen LogP contribution in [-0.2, 0) is 6.42 Å². The van der Waals surface area contributed by atoms with Crippen molar-refractivity contribution < 1.29 is 0 Å². The Bertz CT molecular complexity index is 482. The highest BCUT2D eigenvalue weighted by Crippen LogP contribution is 2.20. The Morgan fingerprint density at radius 3 is 2.44 bits per heavy atom. The van der Waals surface area contributed by atoms with Gasteiger partial charge >= 0.3 is 0 Å². The van der Waals surface area contributed by atoms with Gasteiger partial charge in [0.15, 0.2) is 0 Å². The van der Waals surface area contributed by atoms with Crippen LogP contribution in [0.1, 0.15) is 24.8 Å². The molecule has 2 aromatic rings. The predicted molar refractivity (Wildman–Crippen MR) is 80.1 cm³/mol. The summed E-state index contributed by atoms with van der Waals surface area (Å²) in [6.45, 7) is 1.20. The first-order valence-corrected chi connectivity index (χ1v) is 6.89. The smallest absolute Gasteiger partial charge is 0.00248 e. The molecule has 0 bridgehead atoms. The molecule has 0 heterocycles. The van der Waals surface area contributed by atoms with E-state index >= 15 is 0 Å². The third-order valence-corrected chi connectivity index (χ3v) is 3.43. The topological polar surface area (TPSA) is 3.24 Å². The van der Waals surface area contributed by atoms with Crippen molar-refractivity contribution in [2.24, 2.45) is 0 Å². The molecule has 0 atom stereocenters. The molecule has 1 heteroatoms. The van der Waals surface area contributed by atoms with E-state index in [1.165, 1.54) is 48.6 Å². The van der Waals surface area contributed by atoms with Crippen molar-refractivity contribution in [1.82, 2.24) is 4.90 Å². The molecule has 0 radical (unpaired) electrons. The van der Waals surface area contributed by atoms with E-state index in [1.54, 1.807) is 0 Å². The highest BCUT2D eigenvalue weighted by Gasteiger charge is 2.00. The van der Waals surface area contributed by atoms with E-state index in [0.29, 0.717) is 0 Å². The van der Waals surface area contributed by atoms with Crippen molar-refractivity contribution in [2.45, 2.75) is 25.7 Å². The number of aryl methyl sites for hydroxylation is 1. The summed E-state index contributed by atoms with van der Waals surface area (Å²) in [5.41, 5.74) is 1.50. The standard InChI is InChI=1S/C17H23N/c1-18(2)14-7-3-4-9-15-11-8-12-16-10-5-6-13-17(15)16/h5-6,8,10-13H,3-4,7,9,14H2,1-2H3.